The van der Waals surface area contributed by atoms with Crippen molar-refractivity contribution in [2.75, 3.05) is 11.9 Å². The molecular formula is C25H32N6O. The van der Waals surface area contributed by atoms with Crippen molar-refractivity contribution in [3.05, 3.63) is 53.1 Å². The summed E-state index contributed by atoms with van der Waals surface area (Å²) in [5.74, 6) is 1.02. The van der Waals surface area contributed by atoms with E-state index in [2.05, 4.69) is 51.5 Å². The molecule has 2 amide bonds. The maximum Gasteiger partial charge on any atom is 0.319 e. The van der Waals surface area contributed by atoms with Gasteiger partial charge in [-0.15, -0.1) is 0 Å². The molecule has 2 aliphatic rings. The molecule has 3 N–H and O–H groups in total. The zero-order valence-electron chi connectivity index (χ0n) is 19.1. The second-order valence-electron chi connectivity index (χ2n) is 9.42. The van der Waals surface area contributed by atoms with Crippen LogP contribution in [-0.4, -0.2) is 44.5 Å². The molecule has 3 heterocycles. The highest BCUT2D eigenvalue weighted by Gasteiger charge is 2.38. The molecule has 1 saturated heterocycles. The molecule has 0 spiro atoms. The predicted octanol–water partition coefficient (Wildman–Crippen LogP) is 4.76. The van der Waals surface area contributed by atoms with E-state index in [1.165, 1.54) is 30.4 Å². The highest BCUT2D eigenvalue weighted by Crippen LogP contribution is 2.38. The molecule has 2 fully saturated rings. The third-order valence-corrected chi connectivity index (χ3v) is 7.12. The van der Waals surface area contributed by atoms with Gasteiger partial charge in [0.2, 0.25) is 0 Å². The molecule has 3 aromatic rings. The van der Waals surface area contributed by atoms with Gasteiger partial charge in [0.25, 0.3) is 0 Å². The summed E-state index contributed by atoms with van der Waals surface area (Å²) in [5.41, 5.74) is 6.29. The van der Waals surface area contributed by atoms with Gasteiger partial charge in [-0.2, -0.15) is 0 Å². The molecule has 1 aromatic carbocycles. The van der Waals surface area contributed by atoms with Crippen LogP contribution in [0.3, 0.4) is 0 Å². The van der Waals surface area contributed by atoms with E-state index in [0.29, 0.717) is 11.7 Å². The van der Waals surface area contributed by atoms with Crippen LogP contribution in [-0.2, 0) is 0 Å². The smallest absolute Gasteiger partial charge is 0.319 e. The van der Waals surface area contributed by atoms with Gasteiger partial charge in [-0.25, -0.2) is 9.78 Å². The molecule has 1 saturated carbocycles. The molecule has 7 heteroatoms. The average molecular weight is 433 g/mol. The number of urea groups is 1. The van der Waals surface area contributed by atoms with Gasteiger partial charge in [0.15, 0.2) is 0 Å². The first-order valence-electron chi connectivity index (χ1n) is 11.7. The molecule has 32 heavy (non-hydrogen) atoms. The van der Waals surface area contributed by atoms with Gasteiger partial charge in [-0.3, -0.25) is 9.88 Å². The fourth-order valence-electron chi connectivity index (χ4n) is 4.88. The van der Waals surface area contributed by atoms with Crippen LogP contribution in [0.2, 0.25) is 0 Å². The summed E-state index contributed by atoms with van der Waals surface area (Å²) in [6.07, 6.45) is 7.32. The number of piperidine rings is 1. The number of anilines is 1. The number of benzene rings is 1. The molecule has 2 aromatic heterocycles. The molecule has 0 bridgehead atoms. The van der Waals surface area contributed by atoms with E-state index in [9.17, 15) is 4.79 Å². The maximum absolute atomic E-state index is 12.6. The lowest BCUT2D eigenvalue weighted by atomic mass is 9.86. The Kier molecular flexibility index (Phi) is 5.59. The van der Waals surface area contributed by atoms with Gasteiger partial charge in [0.05, 0.1) is 29.0 Å². The zero-order valence-corrected chi connectivity index (χ0v) is 19.1. The van der Waals surface area contributed by atoms with Crippen molar-refractivity contribution in [3.8, 4) is 0 Å². The first kappa shape index (κ1) is 20.9. The summed E-state index contributed by atoms with van der Waals surface area (Å²) in [6, 6.07) is 8.88. The number of hydrogen-bond donors (Lipinski definition) is 3. The fraction of sp³-hybridized carbons (Fsp3) is 0.480. The van der Waals surface area contributed by atoms with Crippen molar-refractivity contribution < 1.29 is 4.79 Å². The summed E-state index contributed by atoms with van der Waals surface area (Å²) in [5, 5.41) is 6.09. The number of pyridine rings is 1. The number of rotatable bonds is 4. The molecule has 168 valence electrons. The molecule has 0 radical (unpaired) electrons. The maximum atomic E-state index is 12.6. The minimum atomic E-state index is -0.174. The van der Waals surface area contributed by atoms with Crippen LogP contribution < -0.4 is 10.6 Å². The number of imidazole rings is 1. The zero-order chi connectivity index (χ0) is 22.2. The van der Waals surface area contributed by atoms with E-state index < -0.39 is 0 Å². The number of carbonyl (C=O) groups is 1. The number of amides is 2. The van der Waals surface area contributed by atoms with Crippen LogP contribution in [0.5, 0.6) is 0 Å². The normalized spacial score (nSPS) is 22.0. The van der Waals surface area contributed by atoms with Gasteiger partial charge in [0.1, 0.15) is 5.82 Å². The molecule has 2 atom stereocenters. The number of nitrogens with one attached hydrogen (secondary N) is 3. The summed E-state index contributed by atoms with van der Waals surface area (Å²) in [4.78, 5) is 28.1. The molecular weight excluding hydrogens is 400 g/mol. The summed E-state index contributed by atoms with van der Waals surface area (Å²) < 4.78 is 0. The van der Waals surface area contributed by atoms with E-state index in [1.54, 1.807) is 6.20 Å². The Balaban J connectivity index is 1.33. The number of nitrogens with zero attached hydrogens (tertiary/aromatic N) is 3. The Morgan fingerprint density at radius 3 is 2.66 bits per heavy atom. The van der Waals surface area contributed by atoms with E-state index >= 15 is 0 Å². The molecule has 1 aliphatic carbocycles. The van der Waals surface area contributed by atoms with E-state index in [0.717, 1.165) is 41.9 Å². The minimum absolute atomic E-state index is 0.103. The van der Waals surface area contributed by atoms with Gasteiger partial charge in [-0.05, 0) is 81.8 Å². The Bertz CT molecular complexity index is 1080. The Morgan fingerprint density at radius 2 is 1.94 bits per heavy atom. The van der Waals surface area contributed by atoms with Crippen molar-refractivity contribution in [2.24, 2.45) is 0 Å². The van der Waals surface area contributed by atoms with Gasteiger partial charge in [0, 0.05) is 24.3 Å². The van der Waals surface area contributed by atoms with Crippen LogP contribution in [0, 0.1) is 20.8 Å². The van der Waals surface area contributed by atoms with E-state index in [1.807, 2.05) is 19.1 Å². The van der Waals surface area contributed by atoms with Crippen molar-refractivity contribution >= 4 is 22.8 Å². The lowest BCUT2D eigenvalue weighted by Crippen LogP contribution is -2.52. The summed E-state index contributed by atoms with van der Waals surface area (Å²) >= 11 is 0. The number of aryl methyl sites for hydroxylation is 3. The van der Waals surface area contributed by atoms with E-state index in [4.69, 9.17) is 4.98 Å². The highest BCUT2D eigenvalue weighted by molar-refractivity contribution is 5.89. The van der Waals surface area contributed by atoms with Crippen LogP contribution in [0.4, 0.5) is 10.5 Å². The van der Waals surface area contributed by atoms with Crippen LogP contribution in [0.25, 0.3) is 11.0 Å². The van der Waals surface area contributed by atoms with Crippen molar-refractivity contribution in [3.63, 3.8) is 0 Å². The quantitative estimate of drug-likeness (QED) is 0.555. The number of carbonyl (C=O) groups excluding carboxylic acids is 1. The topological polar surface area (TPSA) is 85.9 Å². The number of H-pyrrole nitrogens is 1. The van der Waals surface area contributed by atoms with Gasteiger partial charge in [-0.1, -0.05) is 6.42 Å². The Hall–Kier alpha value is -2.93. The third kappa shape index (κ3) is 4.21. The lowest BCUT2D eigenvalue weighted by molar-refractivity contribution is 0.0374. The monoisotopic (exact) mass is 432 g/mol. The number of aromatic nitrogens is 3. The van der Waals surface area contributed by atoms with Crippen molar-refractivity contribution in [1.82, 2.24) is 25.2 Å². The van der Waals surface area contributed by atoms with Crippen molar-refractivity contribution in [2.45, 2.75) is 71.0 Å². The molecule has 2 unspecified atom stereocenters. The first-order valence-corrected chi connectivity index (χ1v) is 11.7. The van der Waals surface area contributed by atoms with Crippen molar-refractivity contribution in [1.29, 1.82) is 0 Å². The predicted molar refractivity (Wildman–Crippen MR) is 127 cm³/mol. The standard InChI is InChI=1S/C25H32N6O/c1-15-11-21-22(12-16(15)2)30-24(29-21)23-13-18(9-10-31(23)20-5-4-6-20)27-25(32)28-19-8-7-17(3)26-14-19/h7-8,11-12,14,18,20,23H,4-6,9-10,13H2,1-3H3,(H,29,30)(H2,27,28,32). The van der Waals surface area contributed by atoms with Gasteiger partial charge >= 0.3 is 6.03 Å². The Labute approximate surface area is 189 Å². The van der Waals surface area contributed by atoms with Crippen LogP contribution >= 0.6 is 0 Å². The molecule has 5 rings (SSSR count). The second kappa shape index (κ2) is 8.54. The summed E-state index contributed by atoms with van der Waals surface area (Å²) in [6.45, 7) is 7.17. The SMILES string of the molecule is Cc1ccc(NC(=O)NC2CCN(C3CCC3)C(c3nc4cc(C)c(C)cc4[nH]3)C2)cn1. The second-order valence-corrected chi connectivity index (χ2v) is 9.42. The number of fused-ring (bicyclic) bond motifs is 1. The number of hydrogen-bond acceptors (Lipinski definition) is 4. The fourth-order valence-corrected chi connectivity index (χ4v) is 4.88. The van der Waals surface area contributed by atoms with Gasteiger partial charge < -0.3 is 15.6 Å². The van der Waals surface area contributed by atoms with Crippen LogP contribution in [0.1, 0.15) is 60.8 Å². The molecule has 1 aliphatic heterocycles. The largest absolute Gasteiger partial charge is 0.341 e. The number of likely N-dealkylation sites (tertiary alicyclic amines) is 1. The lowest BCUT2D eigenvalue weighted by Gasteiger charge is -2.46. The summed E-state index contributed by atoms with van der Waals surface area (Å²) in [7, 11) is 0. The average Bonchev–Trinajstić information content (AvgIpc) is 3.12. The number of aromatic amines is 1. The van der Waals surface area contributed by atoms with E-state index in [-0.39, 0.29) is 18.1 Å². The van der Waals surface area contributed by atoms with Crippen LogP contribution in [0.15, 0.2) is 30.5 Å². The molecule has 7 nitrogen and oxygen atoms in total. The first-order chi connectivity index (χ1) is 15.5. The highest BCUT2D eigenvalue weighted by atomic mass is 16.2. The Morgan fingerprint density at radius 1 is 1.12 bits per heavy atom. The minimum Gasteiger partial charge on any atom is -0.341 e. The third-order valence-electron chi connectivity index (χ3n) is 7.12.